The van der Waals surface area contributed by atoms with Gasteiger partial charge in [0.2, 0.25) is 0 Å². The molecule has 0 amide bonds. The molecule has 1 N–H and O–H groups in total. The van der Waals surface area contributed by atoms with Crippen LogP contribution in [-0.4, -0.2) is 5.11 Å². The lowest BCUT2D eigenvalue weighted by molar-refractivity contribution is 0.473. The van der Waals surface area contributed by atoms with E-state index in [0.717, 1.165) is 10.8 Å². The number of aromatic hydroxyl groups is 1. The highest BCUT2D eigenvalue weighted by Crippen LogP contribution is 2.30. The van der Waals surface area contributed by atoms with Crippen molar-refractivity contribution < 1.29 is 5.11 Å². The molecule has 0 fully saturated rings. The summed E-state index contributed by atoms with van der Waals surface area (Å²) in [7, 11) is 0. The summed E-state index contributed by atoms with van der Waals surface area (Å²) in [5, 5.41) is 12.1. The zero-order chi connectivity index (χ0) is 9.42. The lowest BCUT2D eigenvalue weighted by atomic mass is 10.1. The molecule has 0 aliphatic rings. The summed E-state index contributed by atoms with van der Waals surface area (Å²) in [6.45, 7) is 0. The molecule has 2 aromatic carbocycles. The maximum atomic E-state index is 9.41. The summed E-state index contributed by atoms with van der Waals surface area (Å²) in [5.41, 5.74) is 0. The van der Waals surface area contributed by atoms with Crippen molar-refractivity contribution in [3.05, 3.63) is 39.8 Å². The number of phenolic OH excluding ortho intramolecular Hbond substituents is 1. The number of hydrogen-bond donors (Lipinski definition) is 1. The molecule has 0 saturated heterocycles. The van der Waals surface area contributed by atoms with E-state index in [4.69, 9.17) is 11.6 Å². The third-order valence-corrected chi connectivity index (χ3v) is 2.74. The van der Waals surface area contributed by atoms with E-state index in [2.05, 4.69) is 15.9 Å². The minimum absolute atomic E-state index is 0.245. The van der Waals surface area contributed by atoms with E-state index in [0.29, 0.717) is 9.50 Å². The van der Waals surface area contributed by atoms with Crippen LogP contribution in [0.1, 0.15) is 0 Å². The minimum atomic E-state index is 0.245. The van der Waals surface area contributed by atoms with Crippen molar-refractivity contribution in [3.8, 4) is 5.75 Å². The molecule has 2 aromatic rings. The minimum Gasteiger partial charge on any atom is -0.507 e. The fraction of sp³-hybridized carbons (Fsp3) is 0. The van der Waals surface area contributed by atoms with Crippen molar-refractivity contribution in [2.24, 2.45) is 0 Å². The van der Waals surface area contributed by atoms with Crippen molar-refractivity contribution in [2.75, 3.05) is 0 Å². The third-order valence-electron chi connectivity index (χ3n) is 1.87. The molecule has 1 nitrogen and oxygen atoms in total. The number of fused-ring (bicyclic) bond motifs is 1. The summed E-state index contributed by atoms with van der Waals surface area (Å²) in [4.78, 5) is 0. The topological polar surface area (TPSA) is 20.2 Å². The standard InChI is InChI=1S/C10H6BrClO/c11-9-4-7-3-8(12)2-1-6(7)5-10(9)13/h1-5,13H. The molecule has 0 aromatic heterocycles. The molecular weight excluding hydrogens is 251 g/mol. The van der Waals surface area contributed by atoms with Crippen LogP contribution < -0.4 is 0 Å². The number of rotatable bonds is 0. The van der Waals surface area contributed by atoms with Crippen LogP contribution in [0.25, 0.3) is 10.8 Å². The molecular formula is C10H6BrClO. The van der Waals surface area contributed by atoms with Crippen molar-refractivity contribution in [3.63, 3.8) is 0 Å². The predicted octanol–water partition coefficient (Wildman–Crippen LogP) is 3.96. The third kappa shape index (κ3) is 1.64. The molecule has 66 valence electrons. The van der Waals surface area contributed by atoms with E-state index in [1.807, 2.05) is 18.2 Å². The van der Waals surface area contributed by atoms with Gasteiger partial charge in [-0.1, -0.05) is 17.7 Å². The van der Waals surface area contributed by atoms with E-state index in [-0.39, 0.29) is 5.75 Å². The molecule has 0 atom stereocenters. The van der Waals surface area contributed by atoms with Crippen LogP contribution in [-0.2, 0) is 0 Å². The molecule has 13 heavy (non-hydrogen) atoms. The van der Waals surface area contributed by atoms with Gasteiger partial charge in [-0.2, -0.15) is 0 Å². The SMILES string of the molecule is Oc1cc2ccc(Cl)cc2cc1Br. The Morgan fingerprint density at radius 1 is 1.08 bits per heavy atom. The van der Waals surface area contributed by atoms with Crippen LogP contribution in [0.5, 0.6) is 5.75 Å². The fourth-order valence-corrected chi connectivity index (χ4v) is 1.77. The molecule has 0 spiro atoms. The highest BCUT2D eigenvalue weighted by Gasteiger charge is 2.00. The van der Waals surface area contributed by atoms with Gasteiger partial charge >= 0.3 is 0 Å². The molecule has 0 unspecified atom stereocenters. The molecule has 0 bridgehead atoms. The van der Waals surface area contributed by atoms with Gasteiger partial charge in [0.1, 0.15) is 5.75 Å². The normalized spacial score (nSPS) is 10.6. The van der Waals surface area contributed by atoms with Gasteiger partial charge in [0.25, 0.3) is 0 Å². The molecule has 0 aliphatic carbocycles. The second-order valence-corrected chi connectivity index (χ2v) is 4.09. The Labute approximate surface area is 89.1 Å². The van der Waals surface area contributed by atoms with Crippen molar-refractivity contribution in [1.29, 1.82) is 0 Å². The first-order chi connectivity index (χ1) is 6.16. The van der Waals surface area contributed by atoms with Gasteiger partial charge in [-0.25, -0.2) is 0 Å². The van der Waals surface area contributed by atoms with E-state index in [1.54, 1.807) is 12.1 Å². The summed E-state index contributed by atoms with van der Waals surface area (Å²) < 4.78 is 0.683. The van der Waals surface area contributed by atoms with Crippen LogP contribution in [0.2, 0.25) is 5.02 Å². The maximum absolute atomic E-state index is 9.41. The monoisotopic (exact) mass is 256 g/mol. The van der Waals surface area contributed by atoms with Crippen LogP contribution in [0.15, 0.2) is 34.8 Å². The number of halogens is 2. The van der Waals surface area contributed by atoms with E-state index in [9.17, 15) is 5.11 Å². The molecule has 0 radical (unpaired) electrons. The number of benzene rings is 2. The fourth-order valence-electron chi connectivity index (χ4n) is 1.23. The van der Waals surface area contributed by atoms with E-state index >= 15 is 0 Å². The van der Waals surface area contributed by atoms with Gasteiger partial charge in [-0.15, -0.1) is 0 Å². The summed E-state index contributed by atoms with van der Waals surface area (Å²) in [6, 6.07) is 9.09. The summed E-state index contributed by atoms with van der Waals surface area (Å²) >= 11 is 9.08. The Morgan fingerprint density at radius 2 is 1.85 bits per heavy atom. The van der Waals surface area contributed by atoms with Crippen molar-refractivity contribution >= 4 is 38.3 Å². The molecule has 0 saturated carbocycles. The summed E-state index contributed by atoms with van der Waals surface area (Å²) in [5.74, 6) is 0.245. The van der Waals surface area contributed by atoms with Gasteiger partial charge in [0.05, 0.1) is 4.47 Å². The smallest absolute Gasteiger partial charge is 0.130 e. The molecule has 0 heterocycles. The van der Waals surface area contributed by atoms with Crippen molar-refractivity contribution in [1.82, 2.24) is 0 Å². The van der Waals surface area contributed by atoms with E-state index < -0.39 is 0 Å². The quantitative estimate of drug-likeness (QED) is 0.757. The molecule has 0 aliphatic heterocycles. The Hall–Kier alpha value is -0.730. The van der Waals surface area contributed by atoms with Crippen LogP contribution >= 0.6 is 27.5 Å². The lowest BCUT2D eigenvalue weighted by Gasteiger charge is -2.01. The van der Waals surface area contributed by atoms with E-state index in [1.165, 1.54) is 0 Å². The molecule has 3 heteroatoms. The van der Waals surface area contributed by atoms with Crippen LogP contribution in [0, 0.1) is 0 Å². The second-order valence-electron chi connectivity index (χ2n) is 2.80. The summed E-state index contributed by atoms with van der Waals surface area (Å²) in [6.07, 6.45) is 0. The average molecular weight is 258 g/mol. The van der Waals surface area contributed by atoms with Gasteiger partial charge in [-0.05, 0) is 51.0 Å². The van der Waals surface area contributed by atoms with Crippen LogP contribution in [0.3, 0.4) is 0 Å². The first-order valence-corrected chi connectivity index (χ1v) is 4.92. The van der Waals surface area contributed by atoms with Gasteiger partial charge in [0.15, 0.2) is 0 Å². The zero-order valence-electron chi connectivity index (χ0n) is 6.59. The van der Waals surface area contributed by atoms with Gasteiger partial charge in [0, 0.05) is 5.02 Å². The Kier molecular flexibility index (Phi) is 2.18. The Morgan fingerprint density at radius 3 is 2.62 bits per heavy atom. The number of phenols is 1. The number of hydrogen-bond acceptors (Lipinski definition) is 1. The first-order valence-electron chi connectivity index (χ1n) is 3.74. The Bertz CT molecular complexity index is 468. The predicted molar refractivity (Wildman–Crippen MR) is 58.3 cm³/mol. The van der Waals surface area contributed by atoms with Crippen LogP contribution in [0.4, 0.5) is 0 Å². The highest BCUT2D eigenvalue weighted by molar-refractivity contribution is 9.10. The highest BCUT2D eigenvalue weighted by atomic mass is 79.9. The second kappa shape index (κ2) is 3.20. The van der Waals surface area contributed by atoms with Gasteiger partial charge < -0.3 is 5.11 Å². The molecule has 2 rings (SSSR count). The maximum Gasteiger partial charge on any atom is 0.130 e. The Balaban J connectivity index is 2.81. The first kappa shape index (κ1) is 8.85. The lowest BCUT2D eigenvalue weighted by Crippen LogP contribution is -1.74. The van der Waals surface area contributed by atoms with Crippen molar-refractivity contribution in [2.45, 2.75) is 0 Å². The largest absolute Gasteiger partial charge is 0.507 e. The zero-order valence-corrected chi connectivity index (χ0v) is 8.93. The van der Waals surface area contributed by atoms with Gasteiger partial charge in [-0.3, -0.25) is 0 Å². The average Bonchev–Trinajstić information content (AvgIpc) is 2.08.